The van der Waals surface area contributed by atoms with Crippen molar-refractivity contribution in [1.82, 2.24) is 0 Å². The molecule has 0 saturated carbocycles. The molecule has 5 rings (SSSR count). The lowest BCUT2D eigenvalue weighted by Crippen LogP contribution is -1.84. The molecule has 0 unspecified atom stereocenters. The average molecular weight is 463 g/mol. The molecular weight excluding hydrogens is 436 g/mol. The van der Waals surface area contributed by atoms with Gasteiger partial charge in [-0.15, -0.1) is 0 Å². The zero-order valence-electron chi connectivity index (χ0n) is 19.2. The summed E-state index contributed by atoms with van der Waals surface area (Å²) in [5.41, 5.74) is 10.8. The zero-order valence-corrected chi connectivity index (χ0v) is 19.2. The van der Waals surface area contributed by atoms with E-state index in [0.29, 0.717) is 0 Å². The van der Waals surface area contributed by atoms with E-state index in [1.165, 1.54) is 44.5 Å². The van der Waals surface area contributed by atoms with Crippen LogP contribution in [0.5, 0.6) is 0 Å². The van der Waals surface area contributed by atoms with Crippen molar-refractivity contribution >= 4 is 11.9 Å². The van der Waals surface area contributed by atoms with Gasteiger partial charge in [0.25, 0.3) is 0 Å². The number of benzene rings is 4. The Bertz CT molecular complexity index is 1230. The predicted octanol–water partition coefficient (Wildman–Crippen LogP) is 7.11. The molecule has 35 heavy (non-hydrogen) atoms. The van der Waals surface area contributed by atoms with Crippen LogP contribution in [0.15, 0.2) is 122 Å². The highest BCUT2D eigenvalue weighted by molar-refractivity contribution is 5.82. The Balaban J connectivity index is 0.000000293. The van der Waals surface area contributed by atoms with Gasteiger partial charge in [-0.25, -0.2) is 9.59 Å². The number of rotatable bonds is 4. The first-order chi connectivity index (χ1) is 16.9. The van der Waals surface area contributed by atoms with Crippen LogP contribution in [0.2, 0.25) is 0 Å². The second-order valence-corrected chi connectivity index (χ2v) is 7.74. The standard InChI is InChI=1S/C25H18.2C3H4O2/c1-3-7-18(8-4-1)20-11-13-24-22(15-20)17-23-16-21(12-14-25(23)24)19-9-5-2-6-10-19;2*1-2-3(4)5/h1-16H,17H2;2*2H,1H2,(H,4,5). The van der Waals surface area contributed by atoms with Gasteiger partial charge in [0, 0.05) is 12.2 Å². The van der Waals surface area contributed by atoms with Crippen molar-refractivity contribution in [2.75, 3.05) is 0 Å². The fraction of sp³-hybridized carbons (Fsp3) is 0.0323. The Labute approximate surface area is 205 Å². The van der Waals surface area contributed by atoms with Gasteiger partial charge in [0.15, 0.2) is 0 Å². The third-order valence-corrected chi connectivity index (χ3v) is 5.45. The van der Waals surface area contributed by atoms with Crippen LogP contribution >= 0.6 is 0 Å². The average Bonchev–Trinajstić information content (AvgIpc) is 3.27. The van der Waals surface area contributed by atoms with Gasteiger partial charge >= 0.3 is 11.9 Å². The predicted molar refractivity (Wildman–Crippen MR) is 141 cm³/mol. The molecule has 4 heteroatoms. The molecule has 0 aliphatic heterocycles. The second kappa shape index (κ2) is 12.0. The van der Waals surface area contributed by atoms with Crippen LogP contribution in [-0.2, 0) is 16.0 Å². The minimum absolute atomic E-state index is 0.833. The summed E-state index contributed by atoms with van der Waals surface area (Å²) in [6.07, 6.45) is 2.69. The number of carboxylic acids is 2. The molecule has 0 heterocycles. The second-order valence-electron chi connectivity index (χ2n) is 7.74. The summed E-state index contributed by atoms with van der Waals surface area (Å²) in [6, 6.07) is 35.0. The van der Waals surface area contributed by atoms with Crippen molar-refractivity contribution < 1.29 is 19.8 Å². The summed E-state index contributed by atoms with van der Waals surface area (Å²) in [6.45, 7) is 5.92. The monoisotopic (exact) mass is 462 g/mol. The summed E-state index contributed by atoms with van der Waals surface area (Å²) in [7, 11) is 0. The molecule has 1 aliphatic rings. The van der Waals surface area contributed by atoms with E-state index in [9.17, 15) is 9.59 Å². The molecule has 2 N–H and O–H groups in total. The topological polar surface area (TPSA) is 74.6 Å². The van der Waals surface area contributed by atoms with Gasteiger partial charge in [-0.05, 0) is 50.9 Å². The molecule has 0 saturated heterocycles. The van der Waals surface area contributed by atoms with Crippen molar-refractivity contribution in [1.29, 1.82) is 0 Å². The molecule has 174 valence electrons. The van der Waals surface area contributed by atoms with E-state index in [-0.39, 0.29) is 0 Å². The normalized spacial score (nSPS) is 10.3. The molecule has 4 nitrogen and oxygen atoms in total. The molecular formula is C31H26O4. The number of hydrogen-bond donors (Lipinski definition) is 2. The largest absolute Gasteiger partial charge is 0.478 e. The van der Waals surface area contributed by atoms with Crippen molar-refractivity contribution in [3.8, 4) is 33.4 Å². The van der Waals surface area contributed by atoms with Crippen LogP contribution < -0.4 is 0 Å². The van der Waals surface area contributed by atoms with Gasteiger partial charge < -0.3 is 10.2 Å². The van der Waals surface area contributed by atoms with Crippen LogP contribution in [0.3, 0.4) is 0 Å². The summed E-state index contributed by atoms with van der Waals surface area (Å²) in [5.74, 6) is -1.96. The highest BCUT2D eigenvalue weighted by Crippen LogP contribution is 2.40. The fourth-order valence-electron chi connectivity index (χ4n) is 3.83. The quantitative estimate of drug-likeness (QED) is 0.279. The van der Waals surface area contributed by atoms with Gasteiger partial charge in [-0.3, -0.25) is 0 Å². The van der Waals surface area contributed by atoms with Crippen LogP contribution in [0.1, 0.15) is 11.1 Å². The van der Waals surface area contributed by atoms with Crippen LogP contribution in [0.4, 0.5) is 0 Å². The third-order valence-electron chi connectivity index (χ3n) is 5.45. The van der Waals surface area contributed by atoms with E-state index in [2.05, 4.69) is 110 Å². The first-order valence-electron chi connectivity index (χ1n) is 11.0. The van der Waals surface area contributed by atoms with Crippen molar-refractivity contribution in [3.63, 3.8) is 0 Å². The lowest BCUT2D eigenvalue weighted by molar-refractivity contribution is -0.132. The van der Waals surface area contributed by atoms with Gasteiger partial charge in [0.2, 0.25) is 0 Å². The lowest BCUT2D eigenvalue weighted by Gasteiger charge is -2.06. The van der Waals surface area contributed by atoms with Crippen molar-refractivity contribution in [2.24, 2.45) is 0 Å². The summed E-state index contributed by atoms with van der Waals surface area (Å²) < 4.78 is 0. The molecule has 0 atom stereocenters. The minimum Gasteiger partial charge on any atom is -0.478 e. The van der Waals surface area contributed by atoms with Gasteiger partial charge in [-0.1, -0.05) is 110 Å². The Kier molecular flexibility index (Phi) is 8.52. The van der Waals surface area contributed by atoms with Crippen LogP contribution in [0, 0.1) is 0 Å². The number of aliphatic carboxylic acids is 2. The van der Waals surface area contributed by atoms with Gasteiger partial charge in [-0.2, -0.15) is 0 Å². The van der Waals surface area contributed by atoms with Gasteiger partial charge in [0.05, 0.1) is 0 Å². The lowest BCUT2D eigenvalue weighted by atomic mass is 9.98. The Hall–Kier alpha value is -4.70. The fourth-order valence-corrected chi connectivity index (χ4v) is 3.83. The van der Waals surface area contributed by atoms with E-state index in [1.807, 2.05) is 0 Å². The first kappa shape index (κ1) is 24.9. The van der Waals surface area contributed by atoms with Crippen LogP contribution in [0.25, 0.3) is 33.4 Å². The maximum atomic E-state index is 9.25. The molecule has 0 bridgehead atoms. The van der Waals surface area contributed by atoms with E-state index in [4.69, 9.17) is 10.2 Å². The number of hydrogen-bond acceptors (Lipinski definition) is 2. The van der Waals surface area contributed by atoms with Gasteiger partial charge in [0.1, 0.15) is 0 Å². The number of fused-ring (bicyclic) bond motifs is 3. The van der Waals surface area contributed by atoms with Crippen molar-refractivity contribution in [2.45, 2.75) is 6.42 Å². The molecule has 0 spiro atoms. The van der Waals surface area contributed by atoms with Crippen molar-refractivity contribution in [3.05, 3.63) is 133 Å². The molecule has 0 amide bonds. The minimum atomic E-state index is -0.981. The summed E-state index contributed by atoms with van der Waals surface area (Å²) in [4.78, 5) is 18.5. The molecule has 0 radical (unpaired) electrons. The summed E-state index contributed by atoms with van der Waals surface area (Å²) >= 11 is 0. The van der Waals surface area contributed by atoms with Crippen LogP contribution in [-0.4, -0.2) is 22.2 Å². The Morgan fingerprint density at radius 2 is 0.914 bits per heavy atom. The SMILES string of the molecule is C=CC(=O)O.C=CC(=O)O.c1ccc(-c2ccc3c(c2)Cc2cc(-c4ccccc4)ccc2-3)cc1. The number of carboxylic acid groups (broad SMARTS) is 2. The summed E-state index contributed by atoms with van der Waals surface area (Å²) in [5, 5.41) is 15.2. The van der Waals surface area contributed by atoms with E-state index >= 15 is 0 Å². The first-order valence-corrected chi connectivity index (χ1v) is 11.0. The van der Waals surface area contributed by atoms with E-state index < -0.39 is 11.9 Å². The van der Waals surface area contributed by atoms with E-state index in [0.717, 1.165) is 18.6 Å². The third kappa shape index (κ3) is 6.65. The Morgan fingerprint density at radius 3 is 1.23 bits per heavy atom. The molecule has 4 aromatic rings. The molecule has 1 aliphatic carbocycles. The highest BCUT2D eigenvalue weighted by Gasteiger charge is 2.19. The Morgan fingerprint density at radius 1 is 0.571 bits per heavy atom. The molecule has 0 fully saturated rings. The maximum absolute atomic E-state index is 9.25. The maximum Gasteiger partial charge on any atom is 0.327 e. The molecule has 0 aromatic heterocycles. The molecule has 4 aromatic carbocycles. The highest BCUT2D eigenvalue weighted by atomic mass is 16.4. The zero-order chi connectivity index (χ0) is 25.2. The number of carbonyl (C=O) groups is 2. The van der Waals surface area contributed by atoms with E-state index in [1.54, 1.807) is 0 Å². The smallest absolute Gasteiger partial charge is 0.327 e.